The first-order chi connectivity index (χ1) is 9.61. The summed E-state index contributed by atoms with van der Waals surface area (Å²) in [5, 5.41) is 0. The summed E-state index contributed by atoms with van der Waals surface area (Å²) in [4.78, 5) is 14.0. The van der Waals surface area contributed by atoms with Crippen LogP contribution in [0.5, 0.6) is 0 Å². The molecule has 0 saturated heterocycles. The van der Waals surface area contributed by atoms with E-state index >= 15 is 0 Å². The van der Waals surface area contributed by atoms with E-state index < -0.39 is 0 Å². The minimum absolute atomic E-state index is 0.337. The summed E-state index contributed by atoms with van der Waals surface area (Å²) in [6.45, 7) is 4.18. The zero-order valence-corrected chi connectivity index (χ0v) is 12.4. The number of hydrogen-bond acceptors (Lipinski definition) is 4. The highest BCUT2D eigenvalue weighted by molar-refractivity contribution is 7.99. The van der Waals surface area contributed by atoms with Crippen LogP contribution in [0.25, 0.3) is 0 Å². The smallest absolute Gasteiger partial charge is 0.339 e. The number of carbonyl (C=O) groups is 1. The second kappa shape index (κ2) is 6.48. The fraction of sp³-hybridized carbons (Fsp3) is 0.188. The summed E-state index contributed by atoms with van der Waals surface area (Å²) in [6.07, 6.45) is 0. The molecule has 0 aromatic heterocycles. The van der Waals surface area contributed by atoms with Gasteiger partial charge in [-0.2, -0.15) is 0 Å². The molecule has 2 N–H and O–H groups in total. The summed E-state index contributed by atoms with van der Waals surface area (Å²) < 4.78 is 5.08. The van der Waals surface area contributed by atoms with Gasteiger partial charge >= 0.3 is 5.97 Å². The van der Waals surface area contributed by atoms with E-state index in [0.29, 0.717) is 17.9 Å². The SMILES string of the molecule is CCOC(=O)c1cc(N)ccc1Sc1ccccc1C. The summed E-state index contributed by atoms with van der Waals surface area (Å²) >= 11 is 1.55. The van der Waals surface area contributed by atoms with Gasteiger partial charge in [0.15, 0.2) is 0 Å². The van der Waals surface area contributed by atoms with E-state index in [4.69, 9.17) is 10.5 Å². The first-order valence-corrected chi connectivity index (χ1v) is 7.23. The van der Waals surface area contributed by atoms with Crippen LogP contribution >= 0.6 is 11.8 Å². The highest BCUT2D eigenvalue weighted by Gasteiger charge is 2.14. The van der Waals surface area contributed by atoms with Crippen LogP contribution in [0.15, 0.2) is 52.3 Å². The molecular weight excluding hydrogens is 270 g/mol. The van der Waals surface area contributed by atoms with Crippen LogP contribution in [-0.2, 0) is 4.74 Å². The Labute approximate surface area is 123 Å². The minimum atomic E-state index is -0.337. The number of nitrogen functional groups attached to an aromatic ring is 1. The molecule has 0 fully saturated rings. The first kappa shape index (κ1) is 14.5. The number of esters is 1. The number of ether oxygens (including phenoxy) is 1. The van der Waals surface area contributed by atoms with Crippen molar-refractivity contribution in [2.24, 2.45) is 0 Å². The van der Waals surface area contributed by atoms with Crippen molar-refractivity contribution in [2.45, 2.75) is 23.6 Å². The van der Waals surface area contributed by atoms with E-state index in [2.05, 4.69) is 0 Å². The van der Waals surface area contributed by atoms with Gasteiger partial charge in [0.1, 0.15) is 0 Å². The molecule has 0 unspecified atom stereocenters. The normalized spacial score (nSPS) is 10.3. The summed E-state index contributed by atoms with van der Waals surface area (Å²) in [6, 6.07) is 13.4. The van der Waals surface area contributed by atoms with Gasteiger partial charge in [0.05, 0.1) is 12.2 Å². The topological polar surface area (TPSA) is 52.3 Å². The van der Waals surface area contributed by atoms with Crippen LogP contribution in [0.4, 0.5) is 5.69 Å². The Hall–Kier alpha value is -1.94. The molecule has 104 valence electrons. The molecule has 2 aromatic rings. The van der Waals surface area contributed by atoms with Crippen molar-refractivity contribution >= 4 is 23.4 Å². The lowest BCUT2D eigenvalue weighted by molar-refractivity contribution is 0.0522. The van der Waals surface area contributed by atoms with Crippen molar-refractivity contribution in [3.63, 3.8) is 0 Å². The van der Waals surface area contributed by atoms with Crippen molar-refractivity contribution in [3.8, 4) is 0 Å². The molecule has 20 heavy (non-hydrogen) atoms. The Bertz CT molecular complexity index is 626. The van der Waals surface area contributed by atoms with E-state index in [1.54, 1.807) is 30.8 Å². The number of rotatable bonds is 4. The Morgan fingerprint density at radius 3 is 2.65 bits per heavy atom. The molecule has 0 bridgehead atoms. The highest BCUT2D eigenvalue weighted by Crippen LogP contribution is 2.33. The second-order valence-electron chi connectivity index (χ2n) is 4.34. The molecule has 0 spiro atoms. The number of hydrogen-bond donors (Lipinski definition) is 1. The van der Waals surface area contributed by atoms with E-state index in [9.17, 15) is 4.79 Å². The van der Waals surface area contributed by atoms with Crippen molar-refractivity contribution in [1.29, 1.82) is 0 Å². The van der Waals surface area contributed by atoms with Gasteiger partial charge in [0.25, 0.3) is 0 Å². The highest BCUT2D eigenvalue weighted by atomic mass is 32.2. The Morgan fingerprint density at radius 1 is 1.20 bits per heavy atom. The van der Waals surface area contributed by atoms with E-state index in [1.807, 2.05) is 37.3 Å². The first-order valence-electron chi connectivity index (χ1n) is 6.42. The van der Waals surface area contributed by atoms with Gasteiger partial charge in [-0.25, -0.2) is 4.79 Å². The number of carbonyl (C=O) groups excluding carboxylic acids is 1. The number of aryl methyl sites for hydroxylation is 1. The number of anilines is 1. The van der Waals surface area contributed by atoms with Crippen LogP contribution in [0.3, 0.4) is 0 Å². The third-order valence-electron chi connectivity index (χ3n) is 2.81. The lowest BCUT2D eigenvalue weighted by Gasteiger charge is -2.10. The van der Waals surface area contributed by atoms with Crippen LogP contribution < -0.4 is 5.73 Å². The monoisotopic (exact) mass is 287 g/mol. The molecule has 0 heterocycles. The maximum absolute atomic E-state index is 12.0. The van der Waals surface area contributed by atoms with Crippen molar-refractivity contribution in [2.75, 3.05) is 12.3 Å². The molecule has 0 aliphatic heterocycles. The third-order valence-corrected chi connectivity index (χ3v) is 4.07. The minimum Gasteiger partial charge on any atom is -0.462 e. The summed E-state index contributed by atoms with van der Waals surface area (Å²) in [5.41, 5.74) is 8.01. The summed E-state index contributed by atoms with van der Waals surface area (Å²) in [5.74, 6) is -0.337. The predicted octanol–water partition coefficient (Wildman–Crippen LogP) is 3.91. The maximum atomic E-state index is 12.0. The van der Waals surface area contributed by atoms with Gasteiger partial charge in [0.2, 0.25) is 0 Å². The maximum Gasteiger partial charge on any atom is 0.339 e. The average Bonchev–Trinajstić information content (AvgIpc) is 2.43. The molecule has 0 aliphatic carbocycles. The van der Waals surface area contributed by atoms with Crippen LogP contribution in [0.2, 0.25) is 0 Å². The zero-order valence-electron chi connectivity index (χ0n) is 11.6. The Balaban J connectivity index is 2.36. The van der Waals surface area contributed by atoms with Gasteiger partial charge in [-0.1, -0.05) is 30.0 Å². The Morgan fingerprint density at radius 2 is 1.95 bits per heavy atom. The standard InChI is InChI=1S/C16H17NO2S/c1-3-19-16(18)13-10-12(17)8-9-15(13)20-14-7-5-4-6-11(14)2/h4-10H,3,17H2,1-2H3. The fourth-order valence-corrected chi connectivity index (χ4v) is 2.80. The molecule has 2 rings (SSSR count). The van der Waals surface area contributed by atoms with Crippen molar-refractivity contribution in [1.82, 2.24) is 0 Å². The van der Waals surface area contributed by atoms with Crippen LogP contribution in [-0.4, -0.2) is 12.6 Å². The zero-order chi connectivity index (χ0) is 14.5. The second-order valence-corrected chi connectivity index (χ2v) is 5.43. The van der Waals surface area contributed by atoms with Crippen LogP contribution in [0.1, 0.15) is 22.8 Å². The molecule has 0 saturated carbocycles. The molecule has 4 heteroatoms. The molecule has 0 aliphatic rings. The molecular formula is C16H17NO2S. The predicted molar refractivity (Wildman–Crippen MR) is 82.1 cm³/mol. The number of nitrogens with two attached hydrogens (primary N) is 1. The van der Waals surface area contributed by atoms with Gasteiger partial charge in [-0.05, 0) is 43.7 Å². The van der Waals surface area contributed by atoms with Gasteiger partial charge in [-0.15, -0.1) is 0 Å². The average molecular weight is 287 g/mol. The molecule has 0 radical (unpaired) electrons. The quantitative estimate of drug-likeness (QED) is 0.684. The van der Waals surface area contributed by atoms with E-state index in [-0.39, 0.29) is 5.97 Å². The fourth-order valence-electron chi connectivity index (χ4n) is 1.79. The largest absolute Gasteiger partial charge is 0.462 e. The molecule has 0 amide bonds. The van der Waals surface area contributed by atoms with E-state index in [1.165, 1.54) is 5.56 Å². The van der Waals surface area contributed by atoms with Crippen molar-refractivity contribution in [3.05, 3.63) is 53.6 Å². The number of benzene rings is 2. The van der Waals surface area contributed by atoms with Crippen molar-refractivity contribution < 1.29 is 9.53 Å². The third kappa shape index (κ3) is 3.33. The Kier molecular flexibility index (Phi) is 4.69. The van der Waals surface area contributed by atoms with Gasteiger partial charge < -0.3 is 10.5 Å². The lowest BCUT2D eigenvalue weighted by Crippen LogP contribution is -2.07. The molecule has 2 aromatic carbocycles. The summed E-state index contributed by atoms with van der Waals surface area (Å²) in [7, 11) is 0. The van der Waals surface area contributed by atoms with Gasteiger partial charge in [-0.3, -0.25) is 0 Å². The van der Waals surface area contributed by atoms with E-state index in [0.717, 1.165) is 9.79 Å². The van der Waals surface area contributed by atoms with Gasteiger partial charge in [0, 0.05) is 15.5 Å². The lowest BCUT2D eigenvalue weighted by atomic mass is 10.2. The van der Waals surface area contributed by atoms with Crippen LogP contribution in [0, 0.1) is 6.92 Å². The molecule has 0 atom stereocenters. The molecule has 3 nitrogen and oxygen atoms in total.